The van der Waals surface area contributed by atoms with E-state index in [-0.39, 0.29) is 31.0 Å². The van der Waals surface area contributed by atoms with Crippen molar-refractivity contribution in [1.29, 1.82) is 0 Å². The van der Waals surface area contributed by atoms with Crippen LogP contribution in [0.1, 0.15) is 56.3 Å². The third-order valence-corrected chi connectivity index (χ3v) is 10.1. The fourth-order valence-corrected chi connectivity index (χ4v) is 7.16. The number of rotatable bonds is 11. The Balaban J connectivity index is 1.02. The normalized spacial score (nSPS) is 17.8. The number of likely N-dealkylation sites (N-methyl/N-ethyl adjacent to an activating group) is 1. The highest BCUT2D eigenvalue weighted by atomic mass is 16.5. The first-order valence-corrected chi connectivity index (χ1v) is 17.7. The van der Waals surface area contributed by atoms with Gasteiger partial charge in [-0.15, -0.1) is 0 Å². The molecule has 0 radical (unpaired) electrons. The van der Waals surface area contributed by atoms with Gasteiger partial charge in [0, 0.05) is 44.9 Å². The highest BCUT2D eigenvalue weighted by Gasteiger charge is 2.34. The number of carbonyl (C=O) groups excluding carboxylic acids is 2. The lowest BCUT2D eigenvalue weighted by Gasteiger charge is -2.34. The Morgan fingerprint density at radius 1 is 0.808 bits per heavy atom. The van der Waals surface area contributed by atoms with E-state index in [1.54, 1.807) is 48.2 Å². The van der Waals surface area contributed by atoms with Crippen molar-refractivity contribution in [1.82, 2.24) is 9.80 Å². The maximum atomic E-state index is 13.9. The Bertz CT molecular complexity index is 2010. The number of nitrogens with zero attached hydrogens (tertiary/aromatic N) is 4. The van der Waals surface area contributed by atoms with Gasteiger partial charge in [-0.2, -0.15) is 0 Å². The van der Waals surface area contributed by atoms with Gasteiger partial charge in [-0.3, -0.25) is 14.6 Å². The maximum absolute atomic E-state index is 13.9. The number of β-amino-alcohol motifs (C(OH)–C–C–N with tert-alkyl or cyclic N) is 1. The van der Waals surface area contributed by atoms with Crippen LogP contribution in [0.2, 0.25) is 0 Å². The molecule has 1 N–H and O–H groups in total. The first kappa shape index (κ1) is 34.9. The Hall–Kier alpha value is -5.55. The van der Waals surface area contributed by atoms with E-state index >= 15 is 0 Å². The molecule has 0 aliphatic carbocycles. The van der Waals surface area contributed by atoms with Crippen molar-refractivity contribution in [3.8, 4) is 23.0 Å². The number of carbonyl (C=O) groups is 2. The molecular formula is C41H44N4O7. The predicted octanol–water partition coefficient (Wildman–Crippen LogP) is 5.81. The number of hydrogen-bond acceptors (Lipinski definition) is 9. The standard InChI is InChI=1S/C41H44N4O7/c1-5-26-11-6-8-13-28(26)23-44-25-39(46)43(2)34-21-38(36(50-4)19-32(34)40(44)47)52-16-10-15-51-37-20-33-31(18-35(37)49-3)41(48)45-24-29-14-9-7-12-27(29)17-30(45)22-42-33/h6-9,11-14,18-22,30,39,46H,5,10,15-17,23-25H2,1-4H3. The van der Waals surface area contributed by atoms with Crippen LogP contribution < -0.4 is 23.8 Å². The van der Waals surface area contributed by atoms with Crippen molar-refractivity contribution in [3.05, 3.63) is 106 Å². The van der Waals surface area contributed by atoms with Crippen molar-refractivity contribution in [2.75, 3.05) is 45.9 Å². The SMILES string of the molecule is CCc1ccccc1CN1CC(O)N(C)c2cc(OCCCOc3cc4c(cc3OC)C(=O)N3Cc5ccccc5CC3C=N4)c(OC)cc2C1=O. The first-order chi connectivity index (χ1) is 25.3. The molecule has 4 aromatic carbocycles. The maximum Gasteiger partial charge on any atom is 0.257 e. The number of aliphatic imine (C=N–C) groups is 1. The molecule has 0 bridgehead atoms. The van der Waals surface area contributed by atoms with Crippen LogP contribution in [0.15, 0.2) is 77.8 Å². The predicted molar refractivity (Wildman–Crippen MR) is 199 cm³/mol. The molecule has 3 aliphatic heterocycles. The van der Waals surface area contributed by atoms with Crippen molar-refractivity contribution in [3.63, 3.8) is 0 Å². The van der Waals surface area contributed by atoms with Gasteiger partial charge < -0.3 is 38.8 Å². The number of amides is 2. The number of aliphatic hydroxyl groups excluding tert-OH is 1. The molecule has 7 rings (SSSR count). The molecular weight excluding hydrogens is 660 g/mol. The molecule has 2 atom stereocenters. The summed E-state index contributed by atoms with van der Waals surface area (Å²) in [6, 6.07) is 23.0. The van der Waals surface area contributed by atoms with Crippen molar-refractivity contribution < 1.29 is 33.6 Å². The number of fused-ring (bicyclic) bond motifs is 4. The average molecular weight is 705 g/mol. The number of aryl methyl sites for hydroxylation is 1. The van der Waals surface area contributed by atoms with Crippen LogP contribution in [0.3, 0.4) is 0 Å². The van der Waals surface area contributed by atoms with Crippen molar-refractivity contribution >= 4 is 29.4 Å². The molecule has 4 aromatic rings. The zero-order chi connectivity index (χ0) is 36.4. The molecule has 2 amide bonds. The summed E-state index contributed by atoms with van der Waals surface area (Å²) in [6.07, 6.45) is 3.02. The van der Waals surface area contributed by atoms with E-state index < -0.39 is 6.23 Å². The number of ether oxygens (including phenoxy) is 4. The van der Waals surface area contributed by atoms with E-state index in [0.717, 1.165) is 17.5 Å². The van der Waals surface area contributed by atoms with E-state index in [0.29, 0.717) is 78.0 Å². The molecule has 3 aliphatic rings. The van der Waals surface area contributed by atoms with Crippen LogP contribution in [0.4, 0.5) is 11.4 Å². The lowest BCUT2D eigenvalue weighted by atomic mass is 9.94. The highest BCUT2D eigenvalue weighted by Crippen LogP contribution is 2.40. The molecule has 270 valence electrons. The molecule has 0 saturated heterocycles. The summed E-state index contributed by atoms with van der Waals surface area (Å²) in [5.41, 5.74) is 6.60. The number of hydrogen-bond donors (Lipinski definition) is 1. The van der Waals surface area contributed by atoms with Gasteiger partial charge in [0.25, 0.3) is 11.8 Å². The van der Waals surface area contributed by atoms with E-state index in [9.17, 15) is 14.7 Å². The number of benzene rings is 4. The zero-order valence-corrected chi connectivity index (χ0v) is 30.0. The quantitative estimate of drug-likeness (QED) is 0.195. The van der Waals surface area contributed by atoms with Gasteiger partial charge in [0.2, 0.25) is 0 Å². The number of methoxy groups -OCH3 is 2. The third-order valence-electron chi connectivity index (χ3n) is 10.1. The first-order valence-electron chi connectivity index (χ1n) is 17.7. The van der Waals surface area contributed by atoms with Crippen LogP contribution in [0.5, 0.6) is 23.0 Å². The van der Waals surface area contributed by atoms with Crippen molar-refractivity contribution in [2.45, 2.75) is 51.5 Å². The summed E-state index contributed by atoms with van der Waals surface area (Å²) < 4.78 is 23.6. The fourth-order valence-electron chi connectivity index (χ4n) is 7.16. The zero-order valence-electron chi connectivity index (χ0n) is 30.0. The lowest BCUT2D eigenvalue weighted by Crippen LogP contribution is -2.44. The van der Waals surface area contributed by atoms with E-state index in [4.69, 9.17) is 23.9 Å². The third kappa shape index (κ3) is 6.76. The number of anilines is 1. The Morgan fingerprint density at radius 3 is 2.17 bits per heavy atom. The summed E-state index contributed by atoms with van der Waals surface area (Å²) in [4.78, 5) is 37.5. The second-order valence-corrected chi connectivity index (χ2v) is 13.2. The minimum absolute atomic E-state index is 0.0886. The van der Waals surface area contributed by atoms with E-state index in [2.05, 4.69) is 25.1 Å². The van der Waals surface area contributed by atoms with Gasteiger partial charge in [0.1, 0.15) is 6.23 Å². The molecule has 0 spiro atoms. The minimum atomic E-state index is -0.915. The minimum Gasteiger partial charge on any atom is -0.493 e. The summed E-state index contributed by atoms with van der Waals surface area (Å²) in [5, 5.41) is 11.1. The van der Waals surface area contributed by atoms with Crippen LogP contribution >= 0.6 is 0 Å². The summed E-state index contributed by atoms with van der Waals surface area (Å²) >= 11 is 0. The van der Waals surface area contributed by atoms with Crippen LogP contribution in [-0.2, 0) is 25.9 Å². The van der Waals surface area contributed by atoms with Crippen LogP contribution in [0.25, 0.3) is 0 Å². The molecule has 3 heterocycles. The monoisotopic (exact) mass is 704 g/mol. The van der Waals surface area contributed by atoms with E-state index in [1.165, 1.54) is 18.2 Å². The van der Waals surface area contributed by atoms with Gasteiger partial charge >= 0.3 is 0 Å². The Kier molecular flexibility index (Phi) is 10.0. The smallest absolute Gasteiger partial charge is 0.257 e. The molecule has 2 unspecified atom stereocenters. The fraction of sp³-hybridized carbons (Fsp3) is 0.341. The summed E-state index contributed by atoms with van der Waals surface area (Å²) in [7, 11) is 4.85. The molecule has 52 heavy (non-hydrogen) atoms. The van der Waals surface area contributed by atoms with Crippen LogP contribution in [0, 0.1) is 0 Å². The molecule has 0 saturated carbocycles. The largest absolute Gasteiger partial charge is 0.493 e. The topological polar surface area (TPSA) is 113 Å². The Morgan fingerprint density at radius 2 is 1.46 bits per heavy atom. The summed E-state index contributed by atoms with van der Waals surface area (Å²) in [6.45, 7) is 3.74. The van der Waals surface area contributed by atoms with E-state index in [1.807, 2.05) is 41.4 Å². The molecule has 0 fully saturated rings. The molecule has 11 heteroatoms. The molecule has 0 aromatic heterocycles. The summed E-state index contributed by atoms with van der Waals surface area (Å²) in [5.74, 6) is 1.52. The Labute approximate surface area is 304 Å². The number of aliphatic hydroxyl groups is 1. The molecule has 11 nitrogen and oxygen atoms in total. The van der Waals surface area contributed by atoms with Crippen molar-refractivity contribution in [2.24, 2.45) is 4.99 Å². The van der Waals surface area contributed by atoms with Gasteiger partial charge in [-0.25, -0.2) is 0 Å². The second-order valence-electron chi connectivity index (χ2n) is 13.2. The van der Waals surface area contributed by atoms with Gasteiger partial charge in [0.05, 0.1) is 62.5 Å². The van der Waals surface area contributed by atoms with Crippen LogP contribution in [-0.4, -0.2) is 86.2 Å². The van der Waals surface area contributed by atoms with Gasteiger partial charge in [-0.1, -0.05) is 55.5 Å². The van der Waals surface area contributed by atoms with Gasteiger partial charge in [0.15, 0.2) is 23.0 Å². The second kappa shape index (κ2) is 15.0. The average Bonchev–Trinajstić information content (AvgIpc) is 3.35. The lowest BCUT2D eigenvalue weighted by molar-refractivity contribution is 0.0632. The highest BCUT2D eigenvalue weighted by molar-refractivity contribution is 6.03. The van der Waals surface area contributed by atoms with Gasteiger partial charge in [-0.05, 0) is 47.2 Å².